The van der Waals surface area contributed by atoms with E-state index in [0.717, 1.165) is 24.8 Å². The van der Waals surface area contributed by atoms with Crippen molar-refractivity contribution >= 4 is 11.8 Å². The van der Waals surface area contributed by atoms with Crippen LogP contribution in [-0.2, 0) is 16.1 Å². The molecule has 0 saturated heterocycles. The quantitative estimate of drug-likeness (QED) is 0.843. The third-order valence-electron chi connectivity index (χ3n) is 3.51. The lowest BCUT2D eigenvalue weighted by atomic mass is 9.85. The Morgan fingerprint density at radius 2 is 1.84 bits per heavy atom. The Hall–Kier alpha value is -1.84. The van der Waals surface area contributed by atoms with Crippen LogP contribution in [0.15, 0.2) is 24.3 Å². The molecule has 4 nitrogen and oxygen atoms in total. The Bertz CT molecular complexity index is 450. The van der Waals surface area contributed by atoms with Gasteiger partial charge < -0.3 is 10.6 Å². The van der Waals surface area contributed by atoms with Crippen molar-refractivity contribution in [2.24, 2.45) is 5.92 Å². The van der Waals surface area contributed by atoms with Crippen LogP contribution >= 0.6 is 0 Å². The summed E-state index contributed by atoms with van der Waals surface area (Å²) in [7, 11) is 0. The third kappa shape index (κ3) is 4.09. The molecule has 0 atom stereocenters. The van der Waals surface area contributed by atoms with Gasteiger partial charge in [-0.25, -0.2) is 0 Å². The molecule has 2 N–H and O–H groups in total. The van der Waals surface area contributed by atoms with Crippen molar-refractivity contribution in [1.29, 1.82) is 0 Å². The average molecular weight is 260 g/mol. The lowest BCUT2D eigenvalue weighted by Gasteiger charge is -2.23. The summed E-state index contributed by atoms with van der Waals surface area (Å²) < 4.78 is 0. The molecule has 2 amide bonds. The van der Waals surface area contributed by atoms with E-state index in [0.29, 0.717) is 6.54 Å². The summed E-state index contributed by atoms with van der Waals surface area (Å²) in [6, 6.07) is 8.00. The number of rotatable bonds is 5. The van der Waals surface area contributed by atoms with Gasteiger partial charge in [-0.15, -0.1) is 0 Å². The fourth-order valence-corrected chi connectivity index (χ4v) is 1.95. The molecule has 0 aliphatic heterocycles. The molecule has 0 radical (unpaired) electrons. The maximum atomic E-state index is 11.6. The SMILES string of the molecule is Cc1ccc(CNC(=O)CNC(=O)C2CCC2)cc1. The van der Waals surface area contributed by atoms with E-state index in [1.54, 1.807) is 0 Å². The first-order valence-electron chi connectivity index (χ1n) is 6.75. The highest BCUT2D eigenvalue weighted by molar-refractivity contribution is 5.86. The molecule has 2 rings (SSSR count). The molecule has 102 valence electrons. The number of aryl methyl sites for hydroxylation is 1. The van der Waals surface area contributed by atoms with Crippen molar-refractivity contribution in [2.75, 3.05) is 6.54 Å². The van der Waals surface area contributed by atoms with Gasteiger partial charge in [0.05, 0.1) is 6.54 Å². The van der Waals surface area contributed by atoms with E-state index in [1.807, 2.05) is 31.2 Å². The number of hydrogen-bond acceptors (Lipinski definition) is 2. The minimum absolute atomic E-state index is 0.0109. The van der Waals surface area contributed by atoms with Gasteiger partial charge in [-0.05, 0) is 25.3 Å². The van der Waals surface area contributed by atoms with Crippen molar-refractivity contribution in [2.45, 2.75) is 32.7 Å². The zero-order chi connectivity index (χ0) is 13.7. The molecular weight excluding hydrogens is 240 g/mol. The lowest BCUT2D eigenvalue weighted by molar-refractivity contribution is -0.130. The standard InChI is InChI=1S/C15H20N2O2/c1-11-5-7-12(8-6-11)9-16-14(18)10-17-15(19)13-3-2-4-13/h5-8,13H,2-4,9-10H2,1H3,(H,16,18)(H,17,19). The second kappa shape index (κ2) is 6.36. The van der Waals surface area contributed by atoms with Gasteiger partial charge in [-0.3, -0.25) is 9.59 Å². The van der Waals surface area contributed by atoms with Crippen molar-refractivity contribution in [1.82, 2.24) is 10.6 Å². The van der Waals surface area contributed by atoms with Crippen LogP contribution in [0.2, 0.25) is 0 Å². The van der Waals surface area contributed by atoms with E-state index in [4.69, 9.17) is 0 Å². The molecular formula is C15H20N2O2. The largest absolute Gasteiger partial charge is 0.350 e. The van der Waals surface area contributed by atoms with Crippen LogP contribution in [0.5, 0.6) is 0 Å². The maximum Gasteiger partial charge on any atom is 0.239 e. The van der Waals surface area contributed by atoms with Gasteiger partial charge in [0.1, 0.15) is 0 Å². The van der Waals surface area contributed by atoms with Gasteiger partial charge in [-0.1, -0.05) is 36.2 Å². The lowest BCUT2D eigenvalue weighted by Crippen LogP contribution is -2.41. The van der Waals surface area contributed by atoms with Crippen LogP contribution in [0, 0.1) is 12.8 Å². The summed E-state index contributed by atoms with van der Waals surface area (Å²) in [5.74, 6) is -0.00474. The van der Waals surface area contributed by atoms with Crippen LogP contribution < -0.4 is 10.6 Å². The molecule has 1 aliphatic carbocycles. The van der Waals surface area contributed by atoms with Crippen LogP contribution in [-0.4, -0.2) is 18.4 Å². The first-order chi connectivity index (χ1) is 9.15. The van der Waals surface area contributed by atoms with Gasteiger partial charge in [0.2, 0.25) is 11.8 Å². The molecule has 1 aromatic rings. The first kappa shape index (κ1) is 13.6. The molecule has 1 fully saturated rings. The number of hydrogen-bond donors (Lipinski definition) is 2. The Kier molecular flexibility index (Phi) is 4.55. The predicted molar refractivity (Wildman–Crippen MR) is 73.4 cm³/mol. The molecule has 0 heterocycles. The van der Waals surface area contributed by atoms with Crippen LogP contribution in [0.3, 0.4) is 0 Å². The Labute approximate surface area is 113 Å². The molecule has 0 bridgehead atoms. The monoisotopic (exact) mass is 260 g/mol. The van der Waals surface area contributed by atoms with Crippen molar-refractivity contribution in [3.8, 4) is 0 Å². The Morgan fingerprint density at radius 1 is 1.16 bits per heavy atom. The fraction of sp³-hybridized carbons (Fsp3) is 0.467. The summed E-state index contributed by atoms with van der Waals surface area (Å²) in [6.07, 6.45) is 3.03. The second-order valence-corrected chi connectivity index (χ2v) is 5.11. The van der Waals surface area contributed by atoms with E-state index in [1.165, 1.54) is 5.56 Å². The molecule has 0 aromatic heterocycles. The zero-order valence-electron chi connectivity index (χ0n) is 11.2. The number of carbonyl (C=O) groups is 2. The predicted octanol–water partition coefficient (Wildman–Crippen LogP) is 1.53. The van der Waals surface area contributed by atoms with Gasteiger partial charge in [0.25, 0.3) is 0 Å². The summed E-state index contributed by atoms with van der Waals surface area (Å²) in [5.41, 5.74) is 2.26. The summed E-state index contributed by atoms with van der Waals surface area (Å²) in [4.78, 5) is 23.1. The van der Waals surface area contributed by atoms with Gasteiger partial charge in [-0.2, -0.15) is 0 Å². The number of nitrogens with one attached hydrogen (secondary N) is 2. The topological polar surface area (TPSA) is 58.2 Å². The number of carbonyl (C=O) groups excluding carboxylic acids is 2. The number of amides is 2. The highest BCUT2D eigenvalue weighted by Crippen LogP contribution is 2.25. The molecule has 19 heavy (non-hydrogen) atoms. The van der Waals surface area contributed by atoms with E-state index in [9.17, 15) is 9.59 Å². The van der Waals surface area contributed by atoms with Crippen molar-refractivity contribution < 1.29 is 9.59 Å². The smallest absolute Gasteiger partial charge is 0.239 e. The van der Waals surface area contributed by atoms with Gasteiger partial charge in [0, 0.05) is 12.5 Å². The Balaban J connectivity index is 1.66. The van der Waals surface area contributed by atoms with E-state index in [-0.39, 0.29) is 24.3 Å². The van der Waals surface area contributed by atoms with Crippen LogP contribution in [0.25, 0.3) is 0 Å². The second-order valence-electron chi connectivity index (χ2n) is 5.11. The van der Waals surface area contributed by atoms with Crippen molar-refractivity contribution in [3.63, 3.8) is 0 Å². The fourth-order valence-electron chi connectivity index (χ4n) is 1.95. The van der Waals surface area contributed by atoms with E-state index in [2.05, 4.69) is 10.6 Å². The first-order valence-corrected chi connectivity index (χ1v) is 6.75. The molecule has 1 saturated carbocycles. The van der Waals surface area contributed by atoms with Crippen LogP contribution in [0.1, 0.15) is 30.4 Å². The Morgan fingerprint density at radius 3 is 2.42 bits per heavy atom. The van der Waals surface area contributed by atoms with E-state index < -0.39 is 0 Å². The molecule has 4 heteroatoms. The zero-order valence-corrected chi connectivity index (χ0v) is 11.2. The maximum absolute atomic E-state index is 11.6. The minimum atomic E-state index is -0.145. The average Bonchev–Trinajstić information content (AvgIpc) is 2.33. The molecule has 0 unspecified atom stereocenters. The van der Waals surface area contributed by atoms with Crippen LogP contribution in [0.4, 0.5) is 0 Å². The highest BCUT2D eigenvalue weighted by Gasteiger charge is 2.25. The summed E-state index contributed by atoms with van der Waals surface area (Å²) >= 11 is 0. The van der Waals surface area contributed by atoms with Crippen molar-refractivity contribution in [3.05, 3.63) is 35.4 Å². The third-order valence-corrected chi connectivity index (χ3v) is 3.51. The van der Waals surface area contributed by atoms with E-state index >= 15 is 0 Å². The number of benzene rings is 1. The minimum Gasteiger partial charge on any atom is -0.350 e. The van der Waals surface area contributed by atoms with Gasteiger partial charge in [0.15, 0.2) is 0 Å². The molecule has 1 aliphatic rings. The molecule has 1 aromatic carbocycles. The summed E-state index contributed by atoms with van der Waals surface area (Å²) in [6.45, 7) is 2.60. The normalized spacial score (nSPS) is 14.6. The van der Waals surface area contributed by atoms with Gasteiger partial charge >= 0.3 is 0 Å². The highest BCUT2D eigenvalue weighted by atomic mass is 16.2. The summed E-state index contributed by atoms with van der Waals surface area (Å²) in [5, 5.41) is 5.47. The molecule has 0 spiro atoms.